The van der Waals surface area contributed by atoms with E-state index in [-0.39, 0.29) is 0 Å². The topological polar surface area (TPSA) is 24.8 Å². The maximum atomic E-state index is 5.40. The maximum Gasteiger partial charge on any atom is 0.0708 e. The molecule has 3 aromatic carbocycles. The molecule has 24 heavy (non-hydrogen) atoms. The number of benzene rings is 3. The Morgan fingerprint density at radius 3 is 2.42 bits per heavy atom. The highest BCUT2D eigenvalue weighted by atomic mass is 16.5. The van der Waals surface area contributed by atoms with Gasteiger partial charge in [-0.3, -0.25) is 4.99 Å². The molecule has 0 amide bonds. The predicted molar refractivity (Wildman–Crippen MR) is 101 cm³/mol. The number of nitrogens with zero attached hydrogens (tertiary/aromatic N) is 2. The van der Waals surface area contributed by atoms with E-state index in [9.17, 15) is 0 Å². The van der Waals surface area contributed by atoms with Crippen molar-refractivity contribution in [1.82, 2.24) is 0 Å². The van der Waals surface area contributed by atoms with Crippen LogP contribution in [0, 0.1) is 0 Å². The molecule has 3 aromatic rings. The molecule has 0 bridgehead atoms. The van der Waals surface area contributed by atoms with Crippen molar-refractivity contribution in [3.8, 4) is 0 Å². The van der Waals surface area contributed by atoms with Crippen molar-refractivity contribution >= 4 is 28.4 Å². The Balaban J connectivity index is 1.55. The summed E-state index contributed by atoms with van der Waals surface area (Å²) < 4.78 is 5.40. The van der Waals surface area contributed by atoms with E-state index >= 15 is 0 Å². The number of ether oxygens (including phenoxy) is 1. The second-order valence-electron chi connectivity index (χ2n) is 5.95. The number of hydrogen-bond donors (Lipinski definition) is 0. The highest BCUT2D eigenvalue weighted by molar-refractivity contribution is 5.95. The summed E-state index contributed by atoms with van der Waals surface area (Å²) in [6.45, 7) is 3.54. The lowest BCUT2D eigenvalue weighted by Gasteiger charge is -2.28. The fraction of sp³-hybridized carbons (Fsp3) is 0.190. The molecule has 0 aromatic heterocycles. The quantitative estimate of drug-likeness (QED) is 0.668. The summed E-state index contributed by atoms with van der Waals surface area (Å²) in [6, 6.07) is 23.1. The third kappa shape index (κ3) is 3.17. The maximum absolute atomic E-state index is 5.40. The summed E-state index contributed by atoms with van der Waals surface area (Å²) in [6.07, 6.45) is 1.94. The van der Waals surface area contributed by atoms with E-state index in [0.29, 0.717) is 0 Å². The number of fused-ring (bicyclic) bond motifs is 1. The highest BCUT2D eigenvalue weighted by Crippen LogP contribution is 2.25. The largest absolute Gasteiger partial charge is 0.378 e. The molecule has 1 aliphatic heterocycles. The molecule has 3 nitrogen and oxygen atoms in total. The third-order valence-electron chi connectivity index (χ3n) is 4.39. The van der Waals surface area contributed by atoms with Crippen molar-refractivity contribution in [2.24, 2.45) is 4.99 Å². The van der Waals surface area contributed by atoms with E-state index in [1.165, 1.54) is 16.5 Å². The minimum absolute atomic E-state index is 0.810. The summed E-state index contributed by atoms with van der Waals surface area (Å²) >= 11 is 0. The Labute approximate surface area is 142 Å². The molecular formula is C21H20N2O. The minimum Gasteiger partial charge on any atom is -0.378 e. The Morgan fingerprint density at radius 1 is 0.833 bits per heavy atom. The molecule has 1 fully saturated rings. The van der Waals surface area contributed by atoms with E-state index < -0.39 is 0 Å². The molecule has 120 valence electrons. The number of rotatable bonds is 3. The standard InChI is InChI=1S/C21H20N2O/c1-2-6-20-18(4-1)5-3-7-21(20)22-16-17-8-10-19(11-9-17)23-12-14-24-15-13-23/h1-11,16H,12-15H2. The van der Waals surface area contributed by atoms with Gasteiger partial charge in [-0.05, 0) is 29.1 Å². The van der Waals surface area contributed by atoms with Crippen molar-refractivity contribution in [3.63, 3.8) is 0 Å². The van der Waals surface area contributed by atoms with Gasteiger partial charge in [0.05, 0.1) is 18.9 Å². The van der Waals surface area contributed by atoms with Gasteiger partial charge in [-0.1, -0.05) is 48.5 Å². The molecule has 0 saturated carbocycles. The van der Waals surface area contributed by atoms with Crippen LogP contribution in [0.4, 0.5) is 11.4 Å². The second-order valence-corrected chi connectivity index (χ2v) is 5.95. The zero-order valence-electron chi connectivity index (χ0n) is 13.6. The van der Waals surface area contributed by atoms with Crippen LogP contribution in [0.25, 0.3) is 10.8 Å². The number of morpholine rings is 1. The normalized spacial score (nSPS) is 15.2. The monoisotopic (exact) mass is 316 g/mol. The lowest BCUT2D eigenvalue weighted by Crippen LogP contribution is -2.36. The number of aliphatic imine (C=N–C) groups is 1. The molecule has 0 unspecified atom stereocenters. The van der Waals surface area contributed by atoms with E-state index in [1.54, 1.807) is 0 Å². The Kier molecular flexibility index (Phi) is 4.26. The van der Waals surface area contributed by atoms with Crippen molar-refractivity contribution in [1.29, 1.82) is 0 Å². The first-order valence-corrected chi connectivity index (χ1v) is 8.35. The van der Waals surface area contributed by atoms with Crippen molar-refractivity contribution in [2.45, 2.75) is 0 Å². The van der Waals surface area contributed by atoms with Crippen LogP contribution in [0.1, 0.15) is 5.56 Å². The lowest BCUT2D eigenvalue weighted by molar-refractivity contribution is 0.122. The van der Waals surface area contributed by atoms with Gasteiger partial charge in [0.1, 0.15) is 0 Å². The molecule has 1 saturated heterocycles. The van der Waals surface area contributed by atoms with Crippen molar-refractivity contribution < 1.29 is 4.74 Å². The molecular weight excluding hydrogens is 296 g/mol. The summed E-state index contributed by atoms with van der Waals surface area (Å²) in [4.78, 5) is 7.04. The first kappa shape index (κ1) is 14.9. The fourth-order valence-electron chi connectivity index (χ4n) is 3.06. The predicted octanol–water partition coefficient (Wildman–Crippen LogP) is 4.43. The number of anilines is 1. The molecule has 1 aliphatic rings. The van der Waals surface area contributed by atoms with Crippen LogP contribution in [0.2, 0.25) is 0 Å². The van der Waals surface area contributed by atoms with Gasteiger partial charge >= 0.3 is 0 Å². The smallest absolute Gasteiger partial charge is 0.0708 e. The molecule has 0 atom stereocenters. The molecule has 4 rings (SSSR count). The van der Waals surface area contributed by atoms with Crippen LogP contribution < -0.4 is 4.90 Å². The van der Waals surface area contributed by atoms with E-state index in [2.05, 4.69) is 76.6 Å². The van der Waals surface area contributed by atoms with Crippen LogP contribution in [0.15, 0.2) is 71.7 Å². The summed E-state index contributed by atoms with van der Waals surface area (Å²) in [7, 11) is 0. The van der Waals surface area contributed by atoms with Crippen LogP contribution in [-0.2, 0) is 4.74 Å². The van der Waals surface area contributed by atoms with Gasteiger partial charge < -0.3 is 9.64 Å². The third-order valence-corrected chi connectivity index (χ3v) is 4.39. The Hall–Kier alpha value is -2.65. The molecule has 3 heteroatoms. The molecule has 1 heterocycles. The first-order chi connectivity index (χ1) is 11.9. The molecule has 0 aliphatic carbocycles. The van der Waals surface area contributed by atoms with Crippen LogP contribution in [0.3, 0.4) is 0 Å². The van der Waals surface area contributed by atoms with Gasteiger partial charge in [0.15, 0.2) is 0 Å². The Morgan fingerprint density at radius 2 is 1.58 bits per heavy atom. The Bertz CT molecular complexity index is 844. The van der Waals surface area contributed by atoms with Crippen LogP contribution in [0.5, 0.6) is 0 Å². The molecule has 0 spiro atoms. The highest BCUT2D eigenvalue weighted by Gasteiger charge is 2.10. The van der Waals surface area contributed by atoms with Gasteiger partial charge in [0, 0.05) is 30.4 Å². The van der Waals surface area contributed by atoms with E-state index in [0.717, 1.165) is 37.6 Å². The van der Waals surface area contributed by atoms with Gasteiger partial charge in [-0.25, -0.2) is 0 Å². The zero-order chi connectivity index (χ0) is 16.2. The zero-order valence-corrected chi connectivity index (χ0v) is 13.6. The molecule has 0 radical (unpaired) electrons. The SMILES string of the molecule is C(=Nc1cccc2ccccc12)c1ccc(N2CCOCC2)cc1. The lowest BCUT2D eigenvalue weighted by atomic mass is 10.1. The molecule has 0 N–H and O–H groups in total. The van der Waals surface area contributed by atoms with E-state index in [1.807, 2.05) is 6.21 Å². The average molecular weight is 316 g/mol. The first-order valence-electron chi connectivity index (χ1n) is 8.35. The van der Waals surface area contributed by atoms with Gasteiger partial charge in [-0.2, -0.15) is 0 Å². The van der Waals surface area contributed by atoms with Crippen molar-refractivity contribution in [3.05, 3.63) is 72.3 Å². The number of hydrogen-bond acceptors (Lipinski definition) is 3. The fourth-order valence-corrected chi connectivity index (χ4v) is 3.06. The van der Waals surface area contributed by atoms with Gasteiger partial charge in [-0.15, -0.1) is 0 Å². The summed E-state index contributed by atoms with van der Waals surface area (Å²) in [5, 5.41) is 2.40. The average Bonchev–Trinajstić information content (AvgIpc) is 2.67. The summed E-state index contributed by atoms with van der Waals surface area (Å²) in [5.41, 5.74) is 3.37. The van der Waals surface area contributed by atoms with Crippen LogP contribution in [-0.4, -0.2) is 32.5 Å². The van der Waals surface area contributed by atoms with Gasteiger partial charge in [0.2, 0.25) is 0 Å². The van der Waals surface area contributed by atoms with Crippen LogP contribution >= 0.6 is 0 Å². The second kappa shape index (κ2) is 6.85. The van der Waals surface area contributed by atoms with Gasteiger partial charge in [0.25, 0.3) is 0 Å². The van der Waals surface area contributed by atoms with Crippen molar-refractivity contribution in [2.75, 3.05) is 31.2 Å². The minimum atomic E-state index is 0.810. The van der Waals surface area contributed by atoms with E-state index in [4.69, 9.17) is 4.74 Å². The summed E-state index contributed by atoms with van der Waals surface area (Å²) in [5.74, 6) is 0.